The number of nitrogens with zero attached hydrogens (tertiary/aromatic N) is 2. The molecule has 3 N–H and O–H groups in total. The predicted molar refractivity (Wildman–Crippen MR) is 59.2 cm³/mol. The van der Waals surface area contributed by atoms with Crippen molar-refractivity contribution < 1.29 is 14.6 Å². The number of aromatic nitrogens is 2. The molecule has 1 heterocycles. The number of nitrogens with two attached hydrogens (primary N) is 1. The molecule has 1 aromatic heterocycles. The number of ether oxygens (including phenoxy) is 1. The van der Waals surface area contributed by atoms with Crippen molar-refractivity contribution in [1.29, 1.82) is 0 Å². The first-order chi connectivity index (χ1) is 7.67. The first-order valence-corrected chi connectivity index (χ1v) is 5.86. The highest BCUT2D eigenvalue weighted by atomic mass is 32.1. The van der Waals surface area contributed by atoms with Gasteiger partial charge in [-0.3, -0.25) is 0 Å². The summed E-state index contributed by atoms with van der Waals surface area (Å²) in [6, 6.07) is 0. The highest BCUT2D eigenvalue weighted by molar-refractivity contribution is 7.13. The lowest BCUT2D eigenvalue weighted by atomic mass is 10.2. The summed E-state index contributed by atoms with van der Waals surface area (Å²) in [6.45, 7) is 2.28. The van der Waals surface area contributed by atoms with E-state index < -0.39 is 12.1 Å². The predicted octanol–water partition coefficient (Wildman–Crippen LogP) is -0.0330. The van der Waals surface area contributed by atoms with Crippen molar-refractivity contribution in [1.82, 2.24) is 10.2 Å². The zero-order valence-electron chi connectivity index (χ0n) is 9.05. The quantitative estimate of drug-likeness (QED) is 0.683. The molecule has 1 aromatic rings. The molecule has 0 aliphatic heterocycles. The molecule has 0 saturated heterocycles. The van der Waals surface area contributed by atoms with E-state index in [1.165, 1.54) is 11.3 Å². The molecule has 16 heavy (non-hydrogen) atoms. The van der Waals surface area contributed by atoms with Crippen LogP contribution in [0.3, 0.4) is 0 Å². The SMILES string of the molecule is CCOC(=O)c1nnc(CCC(O)CN)s1. The molecule has 0 aromatic carbocycles. The zero-order chi connectivity index (χ0) is 12.0. The van der Waals surface area contributed by atoms with Gasteiger partial charge < -0.3 is 15.6 Å². The topological polar surface area (TPSA) is 98.3 Å². The van der Waals surface area contributed by atoms with Crippen LogP contribution in [-0.4, -0.2) is 40.5 Å². The molecule has 0 aliphatic carbocycles. The van der Waals surface area contributed by atoms with Crippen LogP contribution in [-0.2, 0) is 11.2 Å². The summed E-state index contributed by atoms with van der Waals surface area (Å²) >= 11 is 1.18. The summed E-state index contributed by atoms with van der Waals surface area (Å²) in [6.07, 6.45) is 0.554. The third-order valence-electron chi connectivity index (χ3n) is 1.88. The van der Waals surface area contributed by atoms with Gasteiger partial charge in [-0.15, -0.1) is 10.2 Å². The molecule has 7 heteroatoms. The summed E-state index contributed by atoms with van der Waals surface area (Å²) in [5.41, 5.74) is 5.27. The number of hydrogen-bond donors (Lipinski definition) is 2. The molecule has 90 valence electrons. The maximum Gasteiger partial charge on any atom is 0.369 e. The Morgan fingerprint density at radius 1 is 1.62 bits per heavy atom. The van der Waals surface area contributed by atoms with Crippen molar-refractivity contribution >= 4 is 17.3 Å². The number of hydrogen-bond acceptors (Lipinski definition) is 7. The highest BCUT2D eigenvalue weighted by Gasteiger charge is 2.14. The molecule has 6 nitrogen and oxygen atoms in total. The molecule has 0 spiro atoms. The van der Waals surface area contributed by atoms with Crippen molar-refractivity contribution in [3.8, 4) is 0 Å². The van der Waals surface area contributed by atoms with Crippen LogP contribution >= 0.6 is 11.3 Å². The smallest absolute Gasteiger partial charge is 0.369 e. The maximum absolute atomic E-state index is 11.3. The van der Waals surface area contributed by atoms with Crippen molar-refractivity contribution in [3.63, 3.8) is 0 Å². The van der Waals surface area contributed by atoms with Gasteiger partial charge in [-0.05, 0) is 13.3 Å². The van der Waals surface area contributed by atoms with Gasteiger partial charge in [0.1, 0.15) is 5.01 Å². The third kappa shape index (κ3) is 3.84. The molecule has 0 amide bonds. The minimum absolute atomic E-state index is 0.226. The minimum atomic E-state index is -0.532. The fourth-order valence-corrected chi connectivity index (χ4v) is 1.79. The van der Waals surface area contributed by atoms with E-state index >= 15 is 0 Å². The monoisotopic (exact) mass is 245 g/mol. The lowest BCUT2D eigenvalue weighted by molar-refractivity contribution is 0.0525. The number of carbonyl (C=O) groups is 1. The van der Waals surface area contributed by atoms with Crippen molar-refractivity contribution in [2.24, 2.45) is 5.73 Å². The van der Waals surface area contributed by atoms with E-state index in [1.54, 1.807) is 6.92 Å². The van der Waals surface area contributed by atoms with Gasteiger partial charge in [0.15, 0.2) is 0 Å². The Hall–Kier alpha value is -1.05. The normalized spacial score (nSPS) is 12.4. The van der Waals surface area contributed by atoms with E-state index in [0.717, 1.165) is 0 Å². The molecule has 0 saturated carbocycles. The Morgan fingerprint density at radius 3 is 3.00 bits per heavy atom. The van der Waals surface area contributed by atoms with Gasteiger partial charge >= 0.3 is 5.97 Å². The average Bonchev–Trinajstić information content (AvgIpc) is 2.75. The van der Waals surface area contributed by atoms with Crippen LogP contribution in [0.2, 0.25) is 0 Å². The van der Waals surface area contributed by atoms with E-state index in [9.17, 15) is 9.90 Å². The number of carbonyl (C=O) groups excluding carboxylic acids is 1. The fraction of sp³-hybridized carbons (Fsp3) is 0.667. The Kier molecular flexibility index (Phi) is 5.30. The molecule has 0 fully saturated rings. The van der Waals surface area contributed by atoms with Crippen LogP contribution in [0.15, 0.2) is 0 Å². The largest absolute Gasteiger partial charge is 0.461 e. The summed E-state index contributed by atoms with van der Waals surface area (Å²) in [4.78, 5) is 11.3. The molecule has 1 atom stereocenters. The van der Waals surface area contributed by atoms with Gasteiger partial charge in [0.25, 0.3) is 0 Å². The number of aliphatic hydroxyl groups excluding tert-OH is 1. The van der Waals surface area contributed by atoms with Crippen molar-refractivity contribution in [3.05, 3.63) is 10.0 Å². The van der Waals surface area contributed by atoms with Crippen LogP contribution in [0.5, 0.6) is 0 Å². The number of aryl methyl sites for hydroxylation is 1. The van der Waals surface area contributed by atoms with E-state index in [1.807, 2.05) is 0 Å². The summed E-state index contributed by atoms with van der Waals surface area (Å²) in [7, 11) is 0. The molecular formula is C9H15N3O3S. The van der Waals surface area contributed by atoms with Crippen LogP contribution in [0, 0.1) is 0 Å². The lowest BCUT2D eigenvalue weighted by Gasteiger charge is -2.03. The zero-order valence-corrected chi connectivity index (χ0v) is 9.87. The third-order valence-corrected chi connectivity index (χ3v) is 2.84. The van der Waals surface area contributed by atoms with Crippen molar-refractivity contribution in [2.75, 3.05) is 13.2 Å². The van der Waals surface area contributed by atoms with Gasteiger partial charge in [-0.25, -0.2) is 4.79 Å². The van der Waals surface area contributed by atoms with E-state index in [-0.39, 0.29) is 11.6 Å². The van der Waals surface area contributed by atoms with Crippen molar-refractivity contribution in [2.45, 2.75) is 25.9 Å². The number of esters is 1. The second-order valence-corrected chi connectivity index (χ2v) is 4.21. The number of rotatable bonds is 6. The molecule has 0 aliphatic rings. The molecule has 0 radical (unpaired) electrons. The lowest BCUT2D eigenvalue weighted by Crippen LogP contribution is -2.20. The average molecular weight is 245 g/mol. The Morgan fingerprint density at radius 2 is 2.38 bits per heavy atom. The van der Waals surface area contributed by atoms with Crippen LogP contribution in [0.25, 0.3) is 0 Å². The number of aliphatic hydroxyl groups is 1. The summed E-state index contributed by atoms with van der Waals surface area (Å²) in [5, 5.41) is 17.8. The molecule has 0 bridgehead atoms. The van der Waals surface area contributed by atoms with Gasteiger partial charge in [0.05, 0.1) is 12.7 Å². The van der Waals surface area contributed by atoms with Gasteiger partial charge in [0.2, 0.25) is 5.01 Å². The maximum atomic E-state index is 11.3. The summed E-state index contributed by atoms with van der Waals surface area (Å²) in [5.74, 6) is -0.453. The first-order valence-electron chi connectivity index (χ1n) is 5.05. The van der Waals surface area contributed by atoms with E-state index in [4.69, 9.17) is 10.5 Å². The molecular weight excluding hydrogens is 230 g/mol. The Labute approximate surface area is 97.4 Å². The standard InChI is InChI=1S/C9H15N3O3S/c1-2-15-9(14)8-12-11-7(16-8)4-3-6(13)5-10/h6,13H,2-5,10H2,1H3. The van der Waals surface area contributed by atoms with Gasteiger partial charge in [-0.1, -0.05) is 11.3 Å². The molecule has 1 rings (SSSR count). The van der Waals surface area contributed by atoms with Crippen LogP contribution < -0.4 is 5.73 Å². The van der Waals surface area contributed by atoms with E-state index in [2.05, 4.69) is 10.2 Å². The van der Waals surface area contributed by atoms with Crippen LogP contribution in [0.1, 0.15) is 28.2 Å². The molecule has 1 unspecified atom stereocenters. The van der Waals surface area contributed by atoms with Gasteiger partial charge in [0, 0.05) is 13.0 Å². The highest BCUT2D eigenvalue weighted by Crippen LogP contribution is 2.13. The first kappa shape index (κ1) is 13.0. The van der Waals surface area contributed by atoms with Crippen LogP contribution in [0.4, 0.5) is 0 Å². The fourth-order valence-electron chi connectivity index (χ4n) is 1.04. The van der Waals surface area contributed by atoms with E-state index in [0.29, 0.717) is 24.5 Å². The Balaban J connectivity index is 2.48. The summed E-state index contributed by atoms with van der Waals surface area (Å²) < 4.78 is 4.79. The minimum Gasteiger partial charge on any atom is -0.461 e. The second kappa shape index (κ2) is 6.51. The van der Waals surface area contributed by atoms with Gasteiger partial charge in [-0.2, -0.15) is 0 Å². The Bertz CT molecular complexity index is 342. The second-order valence-electron chi connectivity index (χ2n) is 3.15.